The number of nitrogens with zero attached hydrogens (tertiary/aromatic N) is 1. The van der Waals surface area contributed by atoms with Crippen LogP contribution in [-0.2, 0) is 13.2 Å². The highest BCUT2D eigenvalue weighted by atomic mass is 32.1. The number of allylic oxidation sites excluding steroid dienone is 1. The van der Waals surface area contributed by atoms with E-state index in [2.05, 4.69) is 110 Å². The summed E-state index contributed by atoms with van der Waals surface area (Å²) in [6.07, 6.45) is 4.06. The molecule has 0 aliphatic heterocycles. The van der Waals surface area contributed by atoms with Gasteiger partial charge in [0, 0.05) is 18.5 Å². The van der Waals surface area contributed by atoms with E-state index in [0.29, 0.717) is 6.61 Å². The summed E-state index contributed by atoms with van der Waals surface area (Å²) in [6.45, 7) is 8.65. The molecule has 0 saturated heterocycles. The lowest BCUT2D eigenvalue weighted by atomic mass is 9.98. The fourth-order valence-corrected chi connectivity index (χ4v) is 3.76. The lowest BCUT2D eigenvalue weighted by Crippen LogP contribution is -2.17. The molecular weight excluding hydrogens is 398 g/mol. The zero-order chi connectivity index (χ0) is 22.1. The third kappa shape index (κ3) is 8.09. The Balaban J connectivity index is 1.53. The Kier molecular flexibility index (Phi) is 8.12. The summed E-state index contributed by atoms with van der Waals surface area (Å²) < 4.78 is 6.08. The summed E-state index contributed by atoms with van der Waals surface area (Å²) in [5, 5.41) is 4.28. The van der Waals surface area contributed by atoms with Crippen molar-refractivity contribution in [2.24, 2.45) is 5.41 Å². The molecule has 3 aromatic rings. The van der Waals surface area contributed by atoms with E-state index in [-0.39, 0.29) is 5.41 Å². The van der Waals surface area contributed by atoms with Crippen LogP contribution >= 0.6 is 11.3 Å². The Labute approximate surface area is 191 Å². The lowest BCUT2D eigenvalue weighted by molar-refractivity contribution is 0.304. The fourth-order valence-electron chi connectivity index (χ4n) is 3.10. The molecule has 2 aromatic carbocycles. The van der Waals surface area contributed by atoms with E-state index in [1.54, 1.807) is 11.3 Å². The second-order valence-electron chi connectivity index (χ2n) is 8.77. The number of likely N-dealkylation sites (N-methyl/N-ethyl adjacent to an activating group) is 1. The van der Waals surface area contributed by atoms with E-state index >= 15 is 0 Å². The predicted octanol–water partition coefficient (Wildman–Crippen LogP) is 7.03. The number of rotatable bonds is 8. The van der Waals surface area contributed by atoms with Crippen LogP contribution in [0, 0.1) is 17.3 Å². The van der Waals surface area contributed by atoms with Gasteiger partial charge in [-0.1, -0.05) is 48.2 Å². The van der Waals surface area contributed by atoms with Gasteiger partial charge in [0.15, 0.2) is 0 Å². The molecule has 0 radical (unpaired) electrons. The van der Waals surface area contributed by atoms with Crippen LogP contribution in [-0.4, -0.2) is 18.5 Å². The lowest BCUT2D eigenvalue weighted by Gasteiger charge is -2.15. The van der Waals surface area contributed by atoms with Gasteiger partial charge in [-0.15, -0.1) is 0 Å². The van der Waals surface area contributed by atoms with E-state index in [4.69, 9.17) is 4.74 Å². The first-order valence-electron chi connectivity index (χ1n) is 10.6. The molecule has 0 aliphatic rings. The SMILES string of the molecule is CN(CC=CC#CC(C)(C)C)Cc1cccc(OCc2cccc(-c3ccsc3)c2)c1. The van der Waals surface area contributed by atoms with Gasteiger partial charge < -0.3 is 4.74 Å². The molecule has 0 amide bonds. The maximum Gasteiger partial charge on any atom is 0.120 e. The third-order valence-corrected chi connectivity index (χ3v) is 5.29. The van der Waals surface area contributed by atoms with Crippen LogP contribution in [0.15, 0.2) is 77.5 Å². The summed E-state index contributed by atoms with van der Waals surface area (Å²) in [5.74, 6) is 7.24. The van der Waals surface area contributed by atoms with Crippen LogP contribution < -0.4 is 4.74 Å². The summed E-state index contributed by atoms with van der Waals surface area (Å²) in [7, 11) is 2.12. The first-order valence-corrected chi connectivity index (χ1v) is 11.5. The number of hydrogen-bond acceptors (Lipinski definition) is 3. The number of benzene rings is 2. The zero-order valence-corrected chi connectivity index (χ0v) is 19.7. The highest BCUT2D eigenvalue weighted by molar-refractivity contribution is 7.08. The highest BCUT2D eigenvalue weighted by Crippen LogP contribution is 2.24. The van der Waals surface area contributed by atoms with Gasteiger partial charge in [0.25, 0.3) is 0 Å². The second-order valence-corrected chi connectivity index (χ2v) is 9.55. The van der Waals surface area contributed by atoms with Gasteiger partial charge in [0.2, 0.25) is 0 Å². The largest absolute Gasteiger partial charge is 0.489 e. The van der Waals surface area contributed by atoms with E-state index in [1.807, 2.05) is 12.1 Å². The molecule has 0 bridgehead atoms. The van der Waals surface area contributed by atoms with E-state index in [9.17, 15) is 0 Å². The first kappa shape index (κ1) is 22.9. The standard InChI is InChI=1S/C28H31NOS/c1-28(2,3)15-6-5-7-16-29(4)20-23-10-9-13-27(19-23)30-21-24-11-8-12-25(18-24)26-14-17-31-22-26/h5,7-14,17-19,22H,16,20-21H2,1-4H3. The maximum atomic E-state index is 6.08. The number of thiophene rings is 1. The topological polar surface area (TPSA) is 12.5 Å². The molecule has 0 aliphatic carbocycles. The molecular formula is C28H31NOS. The number of ether oxygens (including phenoxy) is 1. The molecule has 0 saturated carbocycles. The zero-order valence-electron chi connectivity index (χ0n) is 18.9. The van der Waals surface area contributed by atoms with E-state index < -0.39 is 0 Å². The Hall–Kier alpha value is -2.80. The number of hydrogen-bond donors (Lipinski definition) is 0. The summed E-state index contributed by atoms with van der Waals surface area (Å²) in [5.41, 5.74) is 4.95. The van der Waals surface area contributed by atoms with Gasteiger partial charge in [0.05, 0.1) is 0 Å². The summed E-state index contributed by atoms with van der Waals surface area (Å²) in [4.78, 5) is 2.26. The Morgan fingerprint density at radius 2 is 1.81 bits per heavy atom. The van der Waals surface area contributed by atoms with Crippen LogP contribution in [0.4, 0.5) is 0 Å². The van der Waals surface area contributed by atoms with Gasteiger partial charge in [-0.25, -0.2) is 0 Å². The van der Waals surface area contributed by atoms with Crippen molar-refractivity contribution in [3.8, 4) is 28.7 Å². The van der Waals surface area contributed by atoms with Crippen LogP contribution in [0.25, 0.3) is 11.1 Å². The molecule has 3 heteroatoms. The summed E-state index contributed by atoms with van der Waals surface area (Å²) >= 11 is 1.72. The van der Waals surface area contributed by atoms with Gasteiger partial charge in [0.1, 0.15) is 12.4 Å². The molecule has 1 aromatic heterocycles. The molecule has 31 heavy (non-hydrogen) atoms. The second kappa shape index (κ2) is 11.0. The van der Waals surface area contributed by atoms with Crippen molar-refractivity contribution in [2.45, 2.75) is 33.9 Å². The van der Waals surface area contributed by atoms with E-state index in [1.165, 1.54) is 22.3 Å². The molecule has 0 N–H and O–H groups in total. The normalized spacial score (nSPS) is 11.5. The van der Waals surface area contributed by atoms with Gasteiger partial charge >= 0.3 is 0 Å². The van der Waals surface area contributed by atoms with E-state index in [0.717, 1.165) is 18.8 Å². The molecule has 1 heterocycles. The van der Waals surface area contributed by atoms with Crippen molar-refractivity contribution in [3.63, 3.8) is 0 Å². The molecule has 3 rings (SSSR count). The molecule has 0 atom stereocenters. The van der Waals surface area contributed by atoms with Crippen molar-refractivity contribution < 1.29 is 4.74 Å². The van der Waals surface area contributed by atoms with Crippen LogP contribution in [0.5, 0.6) is 5.75 Å². The Bertz CT molecular complexity index is 1050. The molecule has 160 valence electrons. The minimum atomic E-state index is 0.0436. The highest BCUT2D eigenvalue weighted by Gasteiger charge is 2.04. The van der Waals surface area contributed by atoms with Crippen molar-refractivity contribution in [1.82, 2.24) is 4.90 Å². The molecule has 0 unspecified atom stereocenters. The monoisotopic (exact) mass is 429 g/mol. The first-order chi connectivity index (χ1) is 14.9. The Morgan fingerprint density at radius 3 is 2.58 bits per heavy atom. The fraction of sp³-hybridized carbons (Fsp3) is 0.286. The van der Waals surface area contributed by atoms with Crippen molar-refractivity contribution in [1.29, 1.82) is 0 Å². The predicted molar refractivity (Wildman–Crippen MR) is 133 cm³/mol. The third-order valence-electron chi connectivity index (χ3n) is 4.60. The minimum Gasteiger partial charge on any atom is -0.489 e. The average Bonchev–Trinajstić information content (AvgIpc) is 3.27. The van der Waals surface area contributed by atoms with Crippen molar-refractivity contribution >= 4 is 11.3 Å². The van der Waals surface area contributed by atoms with Crippen LogP contribution in [0.1, 0.15) is 31.9 Å². The minimum absolute atomic E-state index is 0.0436. The van der Waals surface area contributed by atoms with Gasteiger partial charge in [-0.05, 0) is 91.2 Å². The Morgan fingerprint density at radius 1 is 1.00 bits per heavy atom. The van der Waals surface area contributed by atoms with Gasteiger partial charge in [-0.3, -0.25) is 4.90 Å². The molecule has 0 spiro atoms. The van der Waals surface area contributed by atoms with Gasteiger partial charge in [-0.2, -0.15) is 11.3 Å². The van der Waals surface area contributed by atoms with Crippen LogP contribution in [0.3, 0.4) is 0 Å². The van der Waals surface area contributed by atoms with Crippen LogP contribution in [0.2, 0.25) is 0 Å². The molecule has 0 fully saturated rings. The van der Waals surface area contributed by atoms with Crippen molar-refractivity contribution in [3.05, 3.63) is 88.6 Å². The maximum absolute atomic E-state index is 6.08. The smallest absolute Gasteiger partial charge is 0.120 e. The summed E-state index contributed by atoms with van der Waals surface area (Å²) in [6, 6.07) is 19.1. The van der Waals surface area contributed by atoms with Crippen molar-refractivity contribution in [2.75, 3.05) is 13.6 Å². The molecule has 2 nitrogen and oxygen atoms in total. The quantitative estimate of drug-likeness (QED) is 0.356. The average molecular weight is 430 g/mol.